The van der Waals surface area contributed by atoms with Crippen LogP contribution in [0, 0.1) is 12.8 Å². The molecule has 2 nitrogen and oxygen atoms in total. The van der Waals surface area contributed by atoms with Gasteiger partial charge < -0.3 is 5.73 Å². The lowest BCUT2D eigenvalue weighted by atomic mass is 9.92. The molecule has 0 saturated heterocycles. The van der Waals surface area contributed by atoms with Crippen molar-refractivity contribution in [1.29, 1.82) is 0 Å². The van der Waals surface area contributed by atoms with Crippen LogP contribution in [0.2, 0.25) is 0 Å². The minimum Gasteiger partial charge on any atom is -0.326 e. The van der Waals surface area contributed by atoms with Gasteiger partial charge in [0.1, 0.15) is 0 Å². The number of hydrogen-bond donors (Lipinski definition) is 1. The molecular formula is C17H30N2. The van der Waals surface area contributed by atoms with Gasteiger partial charge in [-0.2, -0.15) is 0 Å². The van der Waals surface area contributed by atoms with Crippen LogP contribution in [0.5, 0.6) is 0 Å². The maximum absolute atomic E-state index is 6.39. The SMILES string of the molecule is CCC(C)CN(C)C(c1ccccc1C)C(N)CC. The van der Waals surface area contributed by atoms with Crippen LogP contribution in [0.25, 0.3) is 0 Å². The molecule has 0 aliphatic heterocycles. The van der Waals surface area contributed by atoms with Gasteiger partial charge in [0.05, 0.1) is 0 Å². The van der Waals surface area contributed by atoms with Crippen molar-refractivity contribution in [1.82, 2.24) is 4.90 Å². The summed E-state index contributed by atoms with van der Waals surface area (Å²) in [6.45, 7) is 10.0. The van der Waals surface area contributed by atoms with Crippen molar-refractivity contribution in [3.8, 4) is 0 Å². The number of aryl methyl sites for hydroxylation is 1. The van der Waals surface area contributed by atoms with Crippen LogP contribution in [0.1, 0.15) is 50.8 Å². The highest BCUT2D eigenvalue weighted by Crippen LogP contribution is 2.27. The predicted molar refractivity (Wildman–Crippen MR) is 84.3 cm³/mol. The molecule has 0 aliphatic rings. The first-order valence-electron chi connectivity index (χ1n) is 7.52. The molecule has 19 heavy (non-hydrogen) atoms. The Morgan fingerprint density at radius 3 is 2.32 bits per heavy atom. The number of nitrogens with two attached hydrogens (primary N) is 1. The van der Waals surface area contributed by atoms with Crippen molar-refractivity contribution in [2.75, 3.05) is 13.6 Å². The first kappa shape index (κ1) is 16.2. The molecule has 3 unspecified atom stereocenters. The van der Waals surface area contributed by atoms with E-state index in [0.29, 0.717) is 12.0 Å². The summed E-state index contributed by atoms with van der Waals surface area (Å²) in [6.07, 6.45) is 2.22. The highest BCUT2D eigenvalue weighted by Gasteiger charge is 2.24. The van der Waals surface area contributed by atoms with E-state index in [4.69, 9.17) is 5.73 Å². The summed E-state index contributed by atoms with van der Waals surface area (Å²) in [7, 11) is 2.21. The predicted octanol–water partition coefficient (Wildman–Crippen LogP) is 3.75. The average molecular weight is 262 g/mol. The summed E-state index contributed by atoms with van der Waals surface area (Å²) in [5, 5.41) is 0. The topological polar surface area (TPSA) is 29.3 Å². The van der Waals surface area contributed by atoms with E-state index in [-0.39, 0.29) is 6.04 Å². The molecule has 0 amide bonds. The van der Waals surface area contributed by atoms with Crippen LogP contribution < -0.4 is 5.73 Å². The second-order valence-corrected chi connectivity index (χ2v) is 5.83. The van der Waals surface area contributed by atoms with Gasteiger partial charge in [-0.15, -0.1) is 0 Å². The Hall–Kier alpha value is -0.860. The number of benzene rings is 1. The van der Waals surface area contributed by atoms with Crippen LogP contribution in [-0.2, 0) is 0 Å². The van der Waals surface area contributed by atoms with Gasteiger partial charge in [0, 0.05) is 18.6 Å². The molecule has 0 heterocycles. The molecule has 0 aromatic heterocycles. The number of likely N-dealkylation sites (N-methyl/N-ethyl adjacent to an activating group) is 1. The Balaban J connectivity index is 2.98. The average Bonchev–Trinajstić information content (AvgIpc) is 2.40. The first-order chi connectivity index (χ1) is 9.01. The van der Waals surface area contributed by atoms with Crippen molar-refractivity contribution in [3.63, 3.8) is 0 Å². The van der Waals surface area contributed by atoms with E-state index >= 15 is 0 Å². The van der Waals surface area contributed by atoms with Crippen molar-refractivity contribution in [2.45, 2.75) is 52.6 Å². The third-order valence-electron chi connectivity index (χ3n) is 4.16. The minimum absolute atomic E-state index is 0.190. The van der Waals surface area contributed by atoms with Gasteiger partial charge >= 0.3 is 0 Å². The normalized spacial score (nSPS) is 16.4. The van der Waals surface area contributed by atoms with Crippen LogP contribution >= 0.6 is 0 Å². The van der Waals surface area contributed by atoms with E-state index in [0.717, 1.165) is 13.0 Å². The molecule has 0 fully saturated rings. The maximum atomic E-state index is 6.39. The summed E-state index contributed by atoms with van der Waals surface area (Å²) >= 11 is 0. The lowest BCUT2D eigenvalue weighted by molar-refractivity contribution is 0.182. The molecular weight excluding hydrogens is 232 g/mol. The Labute approximate surface area is 119 Å². The third kappa shape index (κ3) is 4.32. The standard InChI is InChI=1S/C17H30N2/c1-6-13(3)12-19(5)17(16(18)7-2)15-11-9-8-10-14(15)4/h8-11,13,16-17H,6-7,12,18H2,1-5H3. The molecule has 3 atom stereocenters. The van der Waals surface area contributed by atoms with Crippen LogP contribution in [-0.4, -0.2) is 24.5 Å². The van der Waals surface area contributed by atoms with E-state index < -0.39 is 0 Å². The van der Waals surface area contributed by atoms with Crippen LogP contribution in [0.4, 0.5) is 0 Å². The summed E-state index contributed by atoms with van der Waals surface area (Å²) in [4.78, 5) is 2.44. The van der Waals surface area contributed by atoms with E-state index in [1.807, 2.05) is 0 Å². The first-order valence-corrected chi connectivity index (χ1v) is 7.52. The van der Waals surface area contributed by atoms with Crippen molar-refractivity contribution in [2.24, 2.45) is 11.7 Å². The fourth-order valence-corrected chi connectivity index (χ4v) is 2.67. The zero-order valence-electron chi connectivity index (χ0n) is 13.2. The number of nitrogens with zero attached hydrogens (tertiary/aromatic N) is 1. The summed E-state index contributed by atoms with van der Waals surface area (Å²) in [5.41, 5.74) is 9.11. The van der Waals surface area contributed by atoms with Crippen LogP contribution in [0.15, 0.2) is 24.3 Å². The lowest BCUT2D eigenvalue weighted by Crippen LogP contribution is -2.40. The van der Waals surface area contributed by atoms with E-state index in [1.54, 1.807) is 0 Å². The zero-order chi connectivity index (χ0) is 14.4. The molecule has 0 radical (unpaired) electrons. The Morgan fingerprint density at radius 2 is 1.79 bits per heavy atom. The van der Waals surface area contributed by atoms with Gasteiger partial charge in [0.2, 0.25) is 0 Å². The summed E-state index contributed by atoms with van der Waals surface area (Å²) in [6, 6.07) is 9.14. The van der Waals surface area contributed by atoms with E-state index in [2.05, 4.69) is 63.9 Å². The smallest absolute Gasteiger partial charge is 0.0498 e. The van der Waals surface area contributed by atoms with Gasteiger partial charge in [-0.1, -0.05) is 51.5 Å². The second-order valence-electron chi connectivity index (χ2n) is 5.83. The van der Waals surface area contributed by atoms with E-state index in [9.17, 15) is 0 Å². The minimum atomic E-state index is 0.190. The monoisotopic (exact) mass is 262 g/mol. The highest BCUT2D eigenvalue weighted by molar-refractivity contribution is 5.30. The number of hydrogen-bond acceptors (Lipinski definition) is 2. The van der Waals surface area contributed by atoms with Crippen LogP contribution in [0.3, 0.4) is 0 Å². The van der Waals surface area contributed by atoms with Gasteiger partial charge in [0.15, 0.2) is 0 Å². The van der Waals surface area contributed by atoms with Gasteiger partial charge in [-0.05, 0) is 37.4 Å². The molecule has 108 valence electrons. The Morgan fingerprint density at radius 1 is 1.16 bits per heavy atom. The summed E-state index contributed by atoms with van der Waals surface area (Å²) in [5.74, 6) is 0.709. The van der Waals surface area contributed by atoms with Crippen molar-refractivity contribution < 1.29 is 0 Å². The third-order valence-corrected chi connectivity index (χ3v) is 4.16. The Kier molecular flexibility index (Phi) is 6.53. The molecule has 2 heteroatoms. The van der Waals surface area contributed by atoms with Gasteiger partial charge in [-0.25, -0.2) is 0 Å². The van der Waals surface area contributed by atoms with Crippen molar-refractivity contribution in [3.05, 3.63) is 35.4 Å². The number of rotatable bonds is 7. The molecule has 0 saturated carbocycles. The molecule has 0 bridgehead atoms. The molecule has 2 N–H and O–H groups in total. The van der Waals surface area contributed by atoms with E-state index in [1.165, 1.54) is 17.5 Å². The second kappa shape index (κ2) is 7.66. The van der Waals surface area contributed by atoms with Gasteiger partial charge in [-0.3, -0.25) is 4.90 Å². The molecule has 1 rings (SSSR count). The lowest BCUT2D eigenvalue weighted by Gasteiger charge is -2.35. The largest absolute Gasteiger partial charge is 0.326 e. The highest BCUT2D eigenvalue weighted by atomic mass is 15.1. The zero-order valence-corrected chi connectivity index (χ0v) is 13.2. The quantitative estimate of drug-likeness (QED) is 0.811. The fourth-order valence-electron chi connectivity index (χ4n) is 2.67. The fraction of sp³-hybridized carbons (Fsp3) is 0.647. The maximum Gasteiger partial charge on any atom is 0.0498 e. The molecule has 1 aromatic rings. The molecule has 0 spiro atoms. The Bertz CT molecular complexity index is 375. The van der Waals surface area contributed by atoms with Crippen molar-refractivity contribution >= 4 is 0 Å². The molecule has 1 aromatic carbocycles. The van der Waals surface area contributed by atoms with Gasteiger partial charge in [0.25, 0.3) is 0 Å². The molecule has 0 aliphatic carbocycles. The summed E-state index contributed by atoms with van der Waals surface area (Å²) < 4.78 is 0.